The number of oxime groups is 1. The van der Waals surface area contributed by atoms with E-state index in [-0.39, 0.29) is 12.1 Å². The summed E-state index contributed by atoms with van der Waals surface area (Å²) in [6.45, 7) is 15.7. The van der Waals surface area contributed by atoms with Crippen LogP contribution in [0.2, 0.25) is 0 Å². The molecule has 1 amide bonds. The van der Waals surface area contributed by atoms with E-state index in [0.717, 1.165) is 31.8 Å². The minimum atomic E-state index is -0.534. The molecule has 164 valence electrons. The molecule has 8 nitrogen and oxygen atoms in total. The van der Waals surface area contributed by atoms with Gasteiger partial charge < -0.3 is 19.2 Å². The van der Waals surface area contributed by atoms with Crippen molar-refractivity contribution >= 4 is 17.9 Å². The van der Waals surface area contributed by atoms with E-state index >= 15 is 0 Å². The van der Waals surface area contributed by atoms with Crippen LogP contribution in [0.1, 0.15) is 67.7 Å². The van der Waals surface area contributed by atoms with Crippen molar-refractivity contribution in [1.29, 1.82) is 0 Å². The zero-order valence-corrected chi connectivity index (χ0v) is 18.8. The zero-order valence-electron chi connectivity index (χ0n) is 18.8. The second kappa shape index (κ2) is 7.06. The maximum absolute atomic E-state index is 12.5. The summed E-state index contributed by atoms with van der Waals surface area (Å²) in [5.74, 6) is 0.779. The van der Waals surface area contributed by atoms with Gasteiger partial charge in [0.2, 0.25) is 0 Å². The highest BCUT2D eigenvalue weighted by Crippen LogP contribution is 2.49. The fourth-order valence-corrected chi connectivity index (χ4v) is 4.22. The van der Waals surface area contributed by atoms with Crippen LogP contribution in [0.4, 0.5) is 4.79 Å². The Labute approximate surface area is 173 Å². The lowest BCUT2D eigenvalue weighted by atomic mass is 9.70. The molecule has 29 heavy (non-hydrogen) atoms. The maximum atomic E-state index is 12.5. The Morgan fingerprint density at radius 3 is 2.31 bits per heavy atom. The van der Waals surface area contributed by atoms with E-state index in [1.807, 2.05) is 48.5 Å². The van der Waals surface area contributed by atoms with Crippen LogP contribution in [0.25, 0.3) is 0 Å². The number of carbonyl (C=O) groups excluding carboxylic acids is 2. The molecule has 0 aromatic carbocycles. The van der Waals surface area contributed by atoms with Gasteiger partial charge in [-0.25, -0.2) is 4.79 Å². The van der Waals surface area contributed by atoms with E-state index in [0.29, 0.717) is 19.6 Å². The van der Waals surface area contributed by atoms with E-state index in [2.05, 4.69) is 10.1 Å². The zero-order chi connectivity index (χ0) is 21.7. The van der Waals surface area contributed by atoms with Gasteiger partial charge in [0.05, 0.1) is 30.5 Å². The van der Waals surface area contributed by atoms with Crippen LogP contribution < -0.4 is 0 Å². The summed E-state index contributed by atoms with van der Waals surface area (Å²) in [7, 11) is 0. The molecule has 8 heteroatoms. The van der Waals surface area contributed by atoms with Gasteiger partial charge in [0, 0.05) is 13.1 Å². The van der Waals surface area contributed by atoms with Gasteiger partial charge in [-0.3, -0.25) is 9.69 Å². The van der Waals surface area contributed by atoms with Gasteiger partial charge in [-0.15, -0.1) is 0 Å². The number of nitrogens with zero attached hydrogens (tertiary/aromatic N) is 3. The standard InChI is InChI=1S/C21H35N3O5/c1-8-27-16(25)20(7)9-11-23(12-10-20)15-13-21(29-22-15)14-24(19(21,5)6)17(26)28-18(2,3)4/h8-14H2,1-7H3. The van der Waals surface area contributed by atoms with Crippen LogP contribution in [0.15, 0.2) is 5.16 Å². The van der Waals surface area contributed by atoms with Crippen molar-refractivity contribution in [2.24, 2.45) is 10.6 Å². The highest BCUT2D eigenvalue weighted by atomic mass is 16.7. The van der Waals surface area contributed by atoms with Crippen molar-refractivity contribution in [3.8, 4) is 0 Å². The SMILES string of the molecule is CCOC(=O)C1(C)CCN(C2=NOC3(C2)CN(C(=O)OC(C)(C)C)C3(C)C)CC1. The predicted molar refractivity (Wildman–Crippen MR) is 108 cm³/mol. The molecule has 2 fully saturated rings. The Hall–Kier alpha value is -1.99. The minimum absolute atomic E-state index is 0.117. The Bertz CT molecular complexity index is 704. The van der Waals surface area contributed by atoms with Crippen molar-refractivity contribution in [3.05, 3.63) is 0 Å². The summed E-state index contributed by atoms with van der Waals surface area (Å²) < 4.78 is 10.8. The second-order valence-electron chi connectivity index (χ2n) is 10.2. The number of piperidine rings is 1. The first-order valence-electron chi connectivity index (χ1n) is 10.5. The molecule has 0 saturated carbocycles. The van der Waals surface area contributed by atoms with Gasteiger partial charge in [-0.05, 0) is 61.3 Å². The Morgan fingerprint density at radius 1 is 1.17 bits per heavy atom. The lowest BCUT2D eigenvalue weighted by Crippen LogP contribution is -2.77. The van der Waals surface area contributed by atoms with Crippen LogP contribution in [-0.4, -0.2) is 70.7 Å². The monoisotopic (exact) mass is 409 g/mol. The molecule has 1 atom stereocenters. The van der Waals surface area contributed by atoms with E-state index in [9.17, 15) is 9.59 Å². The molecule has 1 unspecified atom stereocenters. The molecule has 1 spiro atoms. The van der Waals surface area contributed by atoms with Crippen molar-refractivity contribution in [3.63, 3.8) is 0 Å². The number of amidine groups is 1. The number of hydrogen-bond donors (Lipinski definition) is 0. The summed E-state index contributed by atoms with van der Waals surface area (Å²) in [5.41, 5.74) is -2.02. The fraction of sp³-hybridized carbons (Fsp3) is 0.857. The molecule has 2 saturated heterocycles. The van der Waals surface area contributed by atoms with Crippen LogP contribution >= 0.6 is 0 Å². The highest BCUT2D eigenvalue weighted by Gasteiger charge is 2.67. The first-order chi connectivity index (χ1) is 13.3. The van der Waals surface area contributed by atoms with Gasteiger partial charge in [0.25, 0.3) is 0 Å². The molecule has 3 aliphatic heterocycles. The van der Waals surface area contributed by atoms with E-state index in [4.69, 9.17) is 14.3 Å². The topological polar surface area (TPSA) is 80.7 Å². The molecule has 0 aromatic rings. The van der Waals surface area contributed by atoms with Gasteiger partial charge in [0.15, 0.2) is 5.60 Å². The molecule has 3 aliphatic rings. The molecule has 0 bridgehead atoms. The van der Waals surface area contributed by atoms with Gasteiger partial charge in [-0.1, -0.05) is 5.16 Å². The number of carbonyl (C=O) groups is 2. The smallest absolute Gasteiger partial charge is 0.411 e. The molecular formula is C21H35N3O5. The molecule has 3 heterocycles. The van der Waals surface area contributed by atoms with Crippen molar-refractivity contribution in [1.82, 2.24) is 9.80 Å². The third kappa shape index (κ3) is 3.78. The van der Waals surface area contributed by atoms with E-state index in [1.54, 1.807) is 4.90 Å². The lowest BCUT2D eigenvalue weighted by Gasteiger charge is -2.59. The van der Waals surface area contributed by atoms with Crippen molar-refractivity contribution < 1.29 is 23.9 Å². The van der Waals surface area contributed by atoms with Crippen LogP contribution in [0.5, 0.6) is 0 Å². The Kier molecular flexibility index (Phi) is 5.28. The van der Waals surface area contributed by atoms with Gasteiger partial charge in [0.1, 0.15) is 11.4 Å². The third-order valence-corrected chi connectivity index (χ3v) is 6.59. The molecule has 0 aromatic heterocycles. The summed E-state index contributed by atoms with van der Waals surface area (Å²) in [6.07, 6.45) is 1.78. The molecular weight excluding hydrogens is 374 g/mol. The van der Waals surface area contributed by atoms with E-state index in [1.165, 1.54) is 0 Å². The number of hydrogen-bond acceptors (Lipinski definition) is 7. The number of ether oxygens (including phenoxy) is 2. The van der Waals surface area contributed by atoms with Gasteiger partial charge in [-0.2, -0.15) is 0 Å². The lowest BCUT2D eigenvalue weighted by molar-refractivity contribution is -0.206. The largest absolute Gasteiger partial charge is 0.466 e. The minimum Gasteiger partial charge on any atom is -0.466 e. The highest BCUT2D eigenvalue weighted by molar-refractivity contribution is 5.86. The molecule has 0 aliphatic carbocycles. The maximum Gasteiger partial charge on any atom is 0.411 e. The normalized spacial score (nSPS) is 27.8. The van der Waals surface area contributed by atoms with Crippen LogP contribution in [0, 0.1) is 5.41 Å². The third-order valence-electron chi connectivity index (χ3n) is 6.59. The molecule has 0 radical (unpaired) electrons. The van der Waals surface area contributed by atoms with Crippen LogP contribution in [0.3, 0.4) is 0 Å². The number of esters is 1. The Balaban J connectivity index is 1.58. The van der Waals surface area contributed by atoms with Crippen LogP contribution in [-0.2, 0) is 19.1 Å². The predicted octanol–water partition coefficient (Wildman–Crippen LogP) is 3.15. The summed E-state index contributed by atoms with van der Waals surface area (Å²) >= 11 is 0. The average Bonchev–Trinajstić information content (AvgIpc) is 3.07. The first kappa shape index (κ1) is 21.7. The summed E-state index contributed by atoms with van der Waals surface area (Å²) in [5, 5.41) is 4.38. The number of rotatable bonds is 2. The average molecular weight is 410 g/mol. The number of likely N-dealkylation sites (tertiary alicyclic amines) is 2. The molecule has 3 rings (SSSR count). The second-order valence-corrected chi connectivity index (χ2v) is 10.2. The van der Waals surface area contributed by atoms with E-state index < -0.39 is 22.2 Å². The Morgan fingerprint density at radius 2 is 1.79 bits per heavy atom. The summed E-state index contributed by atoms with van der Waals surface area (Å²) in [6, 6.07) is 0. The summed E-state index contributed by atoms with van der Waals surface area (Å²) in [4.78, 5) is 34.6. The van der Waals surface area contributed by atoms with Gasteiger partial charge >= 0.3 is 12.1 Å². The van der Waals surface area contributed by atoms with Crippen molar-refractivity contribution in [2.75, 3.05) is 26.2 Å². The number of amides is 1. The van der Waals surface area contributed by atoms with Crippen molar-refractivity contribution in [2.45, 2.75) is 84.5 Å². The fourth-order valence-electron chi connectivity index (χ4n) is 4.22. The quantitative estimate of drug-likeness (QED) is 0.652. The first-order valence-corrected chi connectivity index (χ1v) is 10.5. The molecule has 0 N–H and O–H groups in total.